The molecule has 90 valence electrons. The van der Waals surface area contributed by atoms with Crippen LogP contribution in [0.5, 0.6) is 0 Å². The summed E-state index contributed by atoms with van der Waals surface area (Å²) in [5, 5.41) is 3.82. The summed E-state index contributed by atoms with van der Waals surface area (Å²) in [5.74, 6) is 0. The summed E-state index contributed by atoms with van der Waals surface area (Å²) in [5.41, 5.74) is 1.90. The molecule has 0 radical (unpaired) electrons. The topological polar surface area (TPSA) is 34.1 Å². The molecule has 0 unspecified atom stereocenters. The van der Waals surface area contributed by atoms with Crippen molar-refractivity contribution in [3.63, 3.8) is 0 Å². The lowest BCUT2D eigenvalue weighted by Gasteiger charge is -2.23. The molecule has 0 bridgehead atoms. The second-order valence-corrected chi connectivity index (χ2v) is 4.79. The molecule has 1 N–H and O–H groups in total. The van der Waals surface area contributed by atoms with Gasteiger partial charge in [0.15, 0.2) is 5.15 Å². The average Bonchev–Trinajstić information content (AvgIpc) is 2.22. The first-order chi connectivity index (χ1) is 7.46. The Balaban J connectivity index is 2.56. The van der Waals surface area contributed by atoms with E-state index in [0.29, 0.717) is 5.15 Å². The van der Waals surface area contributed by atoms with Crippen LogP contribution in [0.4, 0.5) is 5.69 Å². The number of pyridine rings is 1. The maximum absolute atomic E-state index is 6.01. The summed E-state index contributed by atoms with van der Waals surface area (Å²) in [6.07, 6.45) is 2.62. The summed E-state index contributed by atoms with van der Waals surface area (Å²) < 4.78 is 5.35. The van der Waals surface area contributed by atoms with Crippen molar-refractivity contribution in [2.75, 3.05) is 19.0 Å². The molecule has 16 heavy (non-hydrogen) atoms. The van der Waals surface area contributed by atoms with Crippen molar-refractivity contribution in [1.29, 1.82) is 0 Å². The van der Waals surface area contributed by atoms with Crippen molar-refractivity contribution in [1.82, 2.24) is 4.98 Å². The first-order valence-electron chi connectivity index (χ1n) is 5.36. The van der Waals surface area contributed by atoms with Crippen molar-refractivity contribution >= 4 is 17.3 Å². The maximum Gasteiger partial charge on any atom is 0.152 e. The third-order valence-corrected chi connectivity index (χ3v) is 2.98. The normalized spacial score (nSPS) is 11.6. The fraction of sp³-hybridized carbons (Fsp3) is 0.583. The lowest BCUT2D eigenvalue weighted by molar-refractivity contribution is 0.0185. The maximum atomic E-state index is 6.01. The molecule has 0 amide bonds. The van der Waals surface area contributed by atoms with Crippen LogP contribution in [-0.2, 0) is 4.74 Å². The summed E-state index contributed by atoms with van der Waals surface area (Å²) in [7, 11) is 1.72. The SMILES string of the molecule is COC(C)(C)CCNc1c(C)ccnc1Cl. The number of aryl methyl sites for hydroxylation is 1. The fourth-order valence-corrected chi connectivity index (χ4v) is 1.60. The Morgan fingerprint density at radius 2 is 2.19 bits per heavy atom. The first kappa shape index (κ1) is 13.3. The van der Waals surface area contributed by atoms with Crippen molar-refractivity contribution in [3.8, 4) is 0 Å². The van der Waals surface area contributed by atoms with Gasteiger partial charge in [0, 0.05) is 19.9 Å². The number of methoxy groups -OCH3 is 1. The number of halogens is 1. The van der Waals surface area contributed by atoms with Crippen LogP contribution in [0.1, 0.15) is 25.8 Å². The van der Waals surface area contributed by atoms with Crippen molar-refractivity contribution in [3.05, 3.63) is 23.0 Å². The zero-order chi connectivity index (χ0) is 12.2. The molecule has 3 nitrogen and oxygen atoms in total. The Hall–Kier alpha value is -0.800. The Morgan fingerprint density at radius 3 is 2.75 bits per heavy atom. The summed E-state index contributed by atoms with van der Waals surface area (Å²) in [4.78, 5) is 4.05. The standard InChI is InChI=1S/C12H19ClN2O/c1-9-5-7-15-11(13)10(9)14-8-6-12(2,3)16-4/h5,7,14H,6,8H2,1-4H3. The molecule has 1 aromatic heterocycles. The molecule has 0 aromatic carbocycles. The molecule has 0 spiro atoms. The number of anilines is 1. The summed E-state index contributed by atoms with van der Waals surface area (Å²) >= 11 is 6.01. The van der Waals surface area contributed by atoms with Crippen LogP contribution in [0.25, 0.3) is 0 Å². The molecule has 0 atom stereocenters. The highest BCUT2D eigenvalue weighted by molar-refractivity contribution is 6.32. The Kier molecular flexibility index (Phi) is 4.56. The number of nitrogens with zero attached hydrogens (tertiary/aromatic N) is 1. The minimum Gasteiger partial charge on any atom is -0.382 e. The molecule has 0 aliphatic heterocycles. The van der Waals surface area contributed by atoms with Gasteiger partial charge in [-0.2, -0.15) is 0 Å². The van der Waals surface area contributed by atoms with Gasteiger partial charge >= 0.3 is 0 Å². The minimum absolute atomic E-state index is 0.115. The largest absolute Gasteiger partial charge is 0.382 e. The monoisotopic (exact) mass is 242 g/mol. The highest BCUT2D eigenvalue weighted by Crippen LogP contribution is 2.23. The predicted octanol–water partition coefficient (Wildman–Crippen LogP) is 3.27. The Morgan fingerprint density at radius 1 is 1.50 bits per heavy atom. The molecule has 0 saturated carbocycles. The predicted molar refractivity (Wildman–Crippen MR) is 68.2 cm³/mol. The molecular formula is C12H19ClN2O. The smallest absolute Gasteiger partial charge is 0.152 e. The Labute approximate surface area is 102 Å². The van der Waals surface area contributed by atoms with E-state index in [2.05, 4.69) is 24.1 Å². The van der Waals surface area contributed by atoms with Gasteiger partial charge in [0.05, 0.1) is 11.3 Å². The number of hydrogen-bond acceptors (Lipinski definition) is 3. The van der Waals surface area contributed by atoms with Gasteiger partial charge in [0.2, 0.25) is 0 Å². The van der Waals surface area contributed by atoms with Crippen LogP contribution in [0, 0.1) is 6.92 Å². The third-order valence-electron chi connectivity index (χ3n) is 2.69. The molecule has 0 aliphatic rings. The third kappa shape index (κ3) is 3.65. The lowest BCUT2D eigenvalue weighted by Crippen LogP contribution is -2.26. The number of ether oxygens (including phenoxy) is 1. The van der Waals surface area contributed by atoms with Crippen LogP contribution >= 0.6 is 11.6 Å². The van der Waals surface area contributed by atoms with Gasteiger partial charge in [-0.1, -0.05) is 11.6 Å². The average molecular weight is 243 g/mol. The molecule has 4 heteroatoms. The summed E-state index contributed by atoms with van der Waals surface area (Å²) in [6.45, 7) is 6.95. The molecular weight excluding hydrogens is 224 g/mol. The summed E-state index contributed by atoms with van der Waals surface area (Å²) in [6, 6.07) is 1.94. The molecule has 1 heterocycles. The van der Waals surface area contributed by atoms with Gasteiger partial charge in [-0.15, -0.1) is 0 Å². The zero-order valence-electron chi connectivity index (χ0n) is 10.3. The van der Waals surface area contributed by atoms with E-state index in [1.807, 2.05) is 13.0 Å². The van der Waals surface area contributed by atoms with Gasteiger partial charge < -0.3 is 10.1 Å². The van der Waals surface area contributed by atoms with Gasteiger partial charge in [-0.3, -0.25) is 0 Å². The highest BCUT2D eigenvalue weighted by atomic mass is 35.5. The van der Waals surface area contributed by atoms with Crippen molar-refractivity contribution in [2.24, 2.45) is 0 Å². The number of aromatic nitrogens is 1. The highest BCUT2D eigenvalue weighted by Gasteiger charge is 2.15. The quantitative estimate of drug-likeness (QED) is 0.805. The number of rotatable bonds is 5. The molecule has 0 aliphatic carbocycles. The van der Waals surface area contributed by atoms with Gasteiger partial charge in [0.1, 0.15) is 0 Å². The van der Waals surface area contributed by atoms with Crippen LogP contribution in [0.3, 0.4) is 0 Å². The van der Waals surface area contributed by atoms with E-state index in [0.717, 1.165) is 24.2 Å². The van der Waals surface area contributed by atoms with E-state index in [1.165, 1.54) is 0 Å². The lowest BCUT2D eigenvalue weighted by atomic mass is 10.1. The second kappa shape index (κ2) is 5.51. The van der Waals surface area contributed by atoms with Crippen LogP contribution in [0.2, 0.25) is 5.15 Å². The minimum atomic E-state index is -0.115. The van der Waals surface area contributed by atoms with Crippen molar-refractivity contribution in [2.45, 2.75) is 32.8 Å². The van der Waals surface area contributed by atoms with Gasteiger partial charge in [0.25, 0.3) is 0 Å². The van der Waals surface area contributed by atoms with E-state index in [-0.39, 0.29) is 5.60 Å². The first-order valence-corrected chi connectivity index (χ1v) is 5.74. The van der Waals surface area contributed by atoms with Crippen LogP contribution < -0.4 is 5.32 Å². The molecule has 0 saturated heterocycles. The van der Waals surface area contributed by atoms with E-state index in [4.69, 9.17) is 16.3 Å². The molecule has 1 aromatic rings. The van der Waals surface area contributed by atoms with Crippen molar-refractivity contribution < 1.29 is 4.74 Å². The van der Waals surface area contributed by atoms with E-state index < -0.39 is 0 Å². The van der Waals surface area contributed by atoms with E-state index in [1.54, 1.807) is 13.3 Å². The zero-order valence-corrected chi connectivity index (χ0v) is 11.1. The van der Waals surface area contributed by atoms with Crippen LogP contribution in [0.15, 0.2) is 12.3 Å². The van der Waals surface area contributed by atoms with E-state index in [9.17, 15) is 0 Å². The molecule has 1 rings (SSSR count). The van der Waals surface area contributed by atoms with E-state index >= 15 is 0 Å². The van der Waals surface area contributed by atoms with Gasteiger partial charge in [-0.05, 0) is 38.8 Å². The second-order valence-electron chi connectivity index (χ2n) is 4.43. The molecule has 0 fully saturated rings. The van der Waals surface area contributed by atoms with Crippen LogP contribution in [-0.4, -0.2) is 24.2 Å². The fourth-order valence-electron chi connectivity index (χ4n) is 1.33. The van der Waals surface area contributed by atoms with Gasteiger partial charge in [-0.25, -0.2) is 4.98 Å². The number of nitrogens with one attached hydrogen (secondary N) is 1. The number of hydrogen-bond donors (Lipinski definition) is 1. The Bertz CT molecular complexity index is 333.